The fraction of sp³-hybridized carbons (Fsp3) is 0.933. The van der Waals surface area contributed by atoms with Crippen LogP contribution in [0.2, 0.25) is 0 Å². The molecule has 3 fully saturated rings. The summed E-state index contributed by atoms with van der Waals surface area (Å²) < 4.78 is 11.4. The second-order valence-electron chi connectivity index (χ2n) is 6.60. The van der Waals surface area contributed by atoms with Gasteiger partial charge in [-0.2, -0.15) is 0 Å². The van der Waals surface area contributed by atoms with Crippen LogP contribution in [0.25, 0.3) is 0 Å². The number of Topliss-reactive ketones (excluding diaryl/α,β-unsaturated/α-hetero) is 1. The number of rotatable bonds is 3. The van der Waals surface area contributed by atoms with Crippen LogP contribution in [0.1, 0.15) is 32.1 Å². The average molecular weight is 282 g/mol. The van der Waals surface area contributed by atoms with E-state index in [0.29, 0.717) is 31.6 Å². The second-order valence-corrected chi connectivity index (χ2v) is 6.60. The largest absolute Gasteiger partial charge is 0.378 e. The number of nitrogens with two attached hydrogens (primary N) is 1. The van der Waals surface area contributed by atoms with E-state index in [0.717, 1.165) is 51.8 Å². The Bertz CT molecular complexity index is 347. The van der Waals surface area contributed by atoms with E-state index in [-0.39, 0.29) is 11.5 Å². The third kappa shape index (κ3) is 3.22. The second kappa shape index (κ2) is 6.10. The number of hydrogen-bond acceptors (Lipinski definition) is 5. The summed E-state index contributed by atoms with van der Waals surface area (Å²) in [5.74, 6) is 0.538. The summed E-state index contributed by atoms with van der Waals surface area (Å²) in [6.45, 7) is 4.65. The summed E-state index contributed by atoms with van der Waals surface area (Å²) in [6, 6.07) is 0.323. The van der Waals surface area contributed by atoms with Crippen LogP contribution in [0.3, 0.4) is 0 Å². The van der Waals surface area contributed by atoms with E-state index >= 15 is 0 Å². The molecule has 3 heterocycles. The Kier molecular flexibility index (Phi) is 4.40. The first-order valence-corrected chi connectivity index (χ1v) is 7.89. The van der Waals surface area contributed by atoms with E-state index in [2.05, 4.69) is 4.90 Å². The molecular formula is C15H26N2O3. The Labute approximate surface area is 120 Å². The van der Waals surface area contributed by atoms with Crippen molar-refractivity contribution in [3.8, 4) is 0 Å². The lowest BCUT2D eigenvalue weighted by molar-refractivity contribution is -0.138. The maximum Gasteiger partial charge on any atom is 0.150 e. The number of ether oxygens (including phenoxy) is 2. The molecule has 20 heavy (non-hydrogen) atoms. The van der Waals surface area contributed by atoms with Gasteiger partial charge in [-0.25, -0.2) is 0 Å². The minimum atomic E-state index is -0.164. The van der Waals surface area contributed by atoms with Crippen molar-refractivity contribution >= 4 is 5.78 Å². The highest BCUT2D eigenvalue weighted by Gasteiger charge is 2.42. The van der Waals surface area contributed by atoms with Crippen LogP contribution >= 0.6 is 0 Å². The molecule has 3 aliphatic heterocycles. The van der Waals surface area contributed by atoms with Crippen molar-refractivity contribution < 1.29 is 14.3 Å². The first-order valence-electron chi connectivity index (χ1n) is 7.89. The van der Waals surface area contributed by atoms with Gasteiger partial charge in [-0.3, -0.25) is 9.69 Å². The van der Waals surface area contributed by atoms with Crippen molar-refractivity contribution in [1.82, 2.24) is 4.90 Å². The number of hydrogen-bond donors (Lipinski definition) is 1. The molecule has 0 bridgehead atoms. The summed E-state index contributed by atoms with van der Waals surface area (Å²) in [5, 5.41) is 0. The van der Waals surface area contributed by atoms with Crippen molar-refractivity contribution in [3.63, 3.8) is 0 Å². The van der Waals surface area contributed by atoms with Crippen molar-refractivity contribution in [3.05, 3.63) is 0 Å². The van der Waals surface area contributed by atoms with Gasteiger partial charge in [-0.05, 0) is 25.7 Å². The molecular weight excluding hydrogens is 256 g/mol. The van der Waals surface area contributed by atoms with Crippen molar-refractivity contribution in [2.45, 2.75) is 43.7 Å². The van der Waals surface area contributed by atoms with Gasteiger partial charge in [0.25, 0.3) is 0 Å². The van der Waals surface area contributed by atoms with E-state index in [9.17, 15) is 4.79 Å². The molecule has 0 aromatic carbocycles. The lowest BCUT2D eigenvalue weighted by Gasteiger charge is -2.37. The van der Waals surface area contributed by atoms with Gasteiger partial charge in [-0.15, -0.1) is 0 Å². The molecule has 0 aromatic rings. The minimum Gasteiger partial charge on any atom is -0.378 e. The zero-order valence-electron chi connectivity index (χ0n) is 12.2. The molecule has 3 rings (SSSR count). The molecule has 5 heteroatoms. The van der Waals surface area contributed by atoms with E-state index in [1.54, 1.807) is 0 Å². The molecule has 2 N–H and O–H groups in total. The molecule has 1 spiro atoms. The summed E-state index contributed by atoms with van der Waals surface area (Å²) in [6.07, 6.45) is 4.68. The van der Waals surface area contributed by atoms with E-state index < -0.39 is 0 Å². The number of carbonyl (C=O) groups is 1. The third-order valence-electron chi connectivity index (χ3n) is 5.03. The zero-order chi connectivity index (χ0) is 14.0. The monoisotopic (exact) mass is 282 g/mol. The zero-order valence-corrected chi connectivity index (χ0v) is 12.2. The van der Waals surface area contributed by atoms with Gasteiger partial charge in [0.2, 0.25) is 0 Å². The SMILES string of the molecule is NC1CCN(CC(=O)C2CCOC3(CCOC3)C2)CC1. The maximum atomic E-state index is 12.5. The number of likely N-dealkylation sites (tertiary alicyclic amines) is 1. The first kappa shape index (κ1) is 14.4. The van der Waals surface area contributed by atoms with Crippen molar-refractivity contribution in [2.75, 3.05) is 39.5 Å². The number of carbonyl (C=O) groups excluding carboxylic acids is 1. The molecule has 0 amide bonds. The number of nitrogens with zero attached hydrogens (tertiary/aromatic N) is 1. The van der Waals surface area contributed by atoms with Crippen LogP contribution in [-0.4, -0.2) is 61.8 Å². The molecule has 2 unspecified atom stereocenters. The van der Waals surface area contributed by atoms with Gasteiger partial charge in [-0.1, -0.05) is 0 Å². The van der Waals surface area contributed by atoms with Gasteiger partial charge in [0.1, 0.15) is 5.78 Å². The molecule has 3 saturated heterocycles. The van der Waals surface area contributed by atoms with Gasteiger partial charge in [0.15, 0.2) is 0 Å². The van der Waals surface area contributed by atoms with Gasteiger partial charge in [0, 0.05) is 44.7 Å². The van der Waals surface area contributed by atoms with Gasteiger partial charge in [0.05, 0.1) is 18.8 Å². The fourth-order valence-electron chi connectivity index (χ4n) is 3.63. The summed E-state index contributed by atoms with van der Waals surface area (Å²) in [5.41, 5.74) is 5.74. The van der Waals surface area contributed by atoms with Crippen LogP contribution in [-0.2, 0) is 14.3 Å². The normalized spacial score (nSPS) is 36.5. The molecule has 0 aromatic heterocycles. The van der Waals surface area contributed by atoms with Crippen LogP contribution in [0.15, 0.2) is 0 Å². The fourth-order valence-corrected chi connectivity index (χ4v) is 3.63. The Morgan fingerprint density at radius 1 is 1.25 bits per heavy atom. The van der Waals surface area contributed by atoms with E-state index in [1.807, 2.05) is 0 Å². The predicted molar refractivity (Wildman–Crippen MR) is 75.5 cm³/mol. The van der Waals surface area contributed by atoms with E-state index in [4.69, 9.17) is 15.2 Å². The highest BCUT2D eigenvalue weighted by atomic mass is 16.6. The van der Waals surface area contributed by atoms with Gasteiger partial charge >= 0.3 is 0 Å². The smallest absolute Gasteiger partial charge is 0.150 e. The summed E-state index contributed by atoms with van der Waals surface area (Å²) in [7, 11) is 0. The van der Waals surface area contributed by atoms with Crippen molar-refractivity contribution in [2.24, 2.45) is 11.7 Å². The lowest BCUT2D eigenvalue weighted by atomic mass is 9.82. The van der Waals surface area contributed by atoms with Crippen molar-refractivity contribution in [1.29, 1.82) is 0 Å². The van der Waals surface area contributed by atoms with E-state index in [1.165, 1.54) is 0 Å². The lowest BCUT2D eigenvalue weighted by Crippen LogP contribution is -2.46. The third-order valence-corrected chi connectivity index (χ3v) is 5.03. The molecule has 0 radical (unpaired) electrons. The first-order chi connectivity index (χ1) is 9.67. The van der Waals surface area contributed by atoms with Crippen LogP contribution in [0.4, 0.5) is 0 Å². The highest BCUT2D eigenvalue weighted by Crippen LogP contribution is 2.36. The molecule has 114 valence electrons. The average Bonchev–Trinajstić information content (AvgIpc) is 2.89. The topological polar surface area (TPSA) is 64.8 Å². The molecule has 0 aliphatic carbocycles. The molecule has 2 atom stereocenters. The summed E-state index contributed by atoms with van der Waals surface area (Å²) >= 11 is 0. The maximum absolute atomic E-state index is 12.5. The molecule has 3 aliphatic rings. The Morgan fingerprint density at radius 2 is 2.05 bits per heavy atom. The number of ketones is 1. The Hall–Kier alpha value is -0.490. The number of piperidine rings is 1. The predicted octanol–water partition coefficient (Wildman–Crippen LogP) is 0.564. The van der Waals surface area contributed by atoms with Crippen LogP contribution in [0.5, 0.6) is 0 Å². The van der Waals surface area contributed by atoms with Gasteiger partial charge < -0.3 is 15.2 Å². The van der Waals surface area contributed by atoms with Crippen LogP contribution < -0.4 is 5.73 Å². The van der Waals surface area contributed by atoms with Crippen LogP contribution in [0, 0.1) is 5.92 Å². The molecule has 5 nitrogen and oxygen atoms in total. The Morgan fingerprint density at radius 3 is 2.75 bits per heavy atom. The standard InChI is InChI=1S/C15H26N2O3/c16-13-1-5-17(6-2-13)10-14(18)12-3-7-20-15(9-12)4-8-19-11-15/h12-13H,1-11,16H2. The minimum absolute atomic E-state index is 0.154. The summed E-state index contributed by atoms with van der Waals surface area (Å²) in [4.78, 5) is 14.8. The molecule has 0 saturated carbocycles. The highest BCUT2D eigenvalue weighted by molar-refractivity contribution is 5.83. The quantitative estimate of drug-likeness (QED) is 0.819. The Balaban J connectivity index is 1.51.